The van der Waals surface area contributed by atoms with E-state index in [1.807, 2.05) is 0 Å². The summed E-state index contributed by atoms with van der Waals surface area (Å²) in [5, 5.41) is 0. The van der Waals surface area contributed by atoms with Crippen LogP contribution < -0.4 is 4.90 Å². The summed E-state index contributed by atoms with van der Waals surface area (Å²) < 4.78 is 1.28. The van der Waals surface area contributed by atoms with E-state index in [-0.39, 0.29) is 0 Å². The fourth-order valence-electron chi connectivity index (χ4n) is 3.32. The van der Waals surface area contributed by atoms with Gasteiger partial charge in [-0.2, -0.15) is 0 Å². The van der Waals surface area contributed by atoms with E-state index in [0.717, 1.165) is 5.92 Å². The van der Waals surface area contributed by atoms with Crippen molar-refractivity contribution >= 4 is 28.3 Å². The zero-order chi connectivity index (χ0) is 14.5. The normalized spacial score (nSPS) is 21.1. The van der Waals surface area contributed by atoms with E-state index >= 15 is 0 Å². The lowest BCUT2D eigenvalue weighted by Crippen LogP contribution is -2.49. The van der Waals surface area contributed by atoms with E-state index in [1.54, 1.807) is 0 Å². The molecule has 0 amide bonds. The quantitative estimate of drug-likeness (QED) is 0.359. The summed E-state index contributed by atoms with van der Waals surface area (Å²) in [6, 6.07) is 22.4. The third-order valence-corrected chi connectivity index (χ3v) is 5.16. The smallest absolute Gasteiger partial charge is 0.0587 e. The molecule has 1 nitrogen and oxygen atoms in total. The predicted molar refractivity (Wildman–Crippen MR) is 99.2 cm³/mol. The lowest BCUT2D eigenvalue weighted by Gasteiger charge is -2.50. The number of alkyl halides is 1. The molecule has 2 aromatic carbocycles. The Bertz CT molecular complexity index is 540. The molecule has 21 heavy (non-hydrogen) atoms. The second-order valence-electron chi connectivity index (χ2n) is 5.79. The summed E-state index contributed by atoms with van der Waals surface area (Å²) >= 11 is 2.48. The van der Waals surface area contributed by atoms with Crippen LogP contribution in [-0.2, 0) is 0 Å². The van der Waals surface area contributed by atoms with Crippen LogP contribution >= 0.6 is 22.6 Å². The van der Waals surface area contributed by atoms with Crippen molar-refractivity contribution in [1.82, 2.24) is 0 Å². The van der Waals surface area contributed by atoms with Gasteiger partial charge in [-0.25, -0.2) is 0 Å². The summed E-state index contributed by atoms with van der Waals surface area (Å²) in [5.74, 6) is 0.801. The van der Waals surface area contributed by atoms with Gasteiger partial charge in [0.25, 0.3) is 0 Å². The first-order chi connectivity index (χ1) is 10.4. The molecule has 0 spiro atoms. The van der Waals surface area contributed by atoms with Crippen molar-refractivity contribution < 1.29 is 0 Å². The fourth-order valence-corrected chi connectivity index (χ4v) is 3.86. The highest BCUT2D eigenvalue weighted by Gasteiger charge is 2.39. The van der Waals surface area contributed by atoms with Gasteiger partial charge in [-0.3, -0.25) is 0 Å². The standard InChI is InChI=1S/C19H22IN/c20-14-8-7-11-17-15-21(18-12-5-2-6-13-18)19(17)16-9-3-1-4-10-16/h1-6,9-10,12-13,17,19H,7-8,11,14-15H2/t17-,19+/m0/s1. The topological polar surface area (TPSA) is 3.24 Å². The number of hydrogen-bond donors (Lipinski definition) is 0. The Morgan fingerprint density at radius 3 is 2.24 bits per heavy atom. The Kier molecular flexibility index (Phi) is 5.17. The van der Waals surface area contributed by atoms with Crippen LogP contribution in [0.1, 0.15) is 30.9 Å². The SMILES string of the molecule is ICCCC[C@H]1CN(c2ccccc2)[C@@H]1c1ccccc1. The maximum atomic E-state index is 2.56. The third kappa shape index (κ3) is 3.42. The number of benzene rings is 2. The largest absolute Gasteiger partial charge is 0.364 e. The van der Waals surface area contributed by atoms with E-state index in [1.165, 1.54) is 41.5 Å². The molecule has 1 saturated heterocycles. The van der Waals surface area contributed by atoms with E-state index in [0.29, 0.717) is 6.04 Å². The van der Waals surface area contributed by atoms with E-state index in [2.05, 4.69) is 88.2 Å². The Balaban J connectivity index is 1.76. The summed E-state index contributed by atoms with van der Waals surface area (Å²) in [4.78, 5) is 2.56. The molecule has 0 aliphatic carbocycles. The molecule has 0 saturated carbocycles. The molecule has 1 aliphatic heterocycles. The Morgan fingerprint density at radius 2 is 1.57 bits per heavy atom. The first-order valence-corrected chi connectivity index (χ1v) is 9.35. The molecule has 0 radical (unpaired) electrons. The van der Waals surface area contributed by atoms with E-state index in [9.17, 15) is 0 Å². The Morgan fingerprint density at radius 1 is 0.905 bits per heavy atom. The van der Waals surface area contributed by atoms with Crippen molar-refractivity contribution in [2.45, 2.75) is 25.3 Å². The third-order valence-electron chi connectivity index (χ3n) is 4.40. The Hall–Kier alpha value is -1.03. The van der Waals surface area contributed by atoms with E-state index < -0.39 is 0 Å². The van der Waals surface area contributed by atoms with Crippen LogP contribution in [0.4, 0.5) is 5.69 Å². The minimum atomic E-state index is 0.558. The maximum Gasteiger partial charge on any atom is 0.0587 e. The summed E-state index contributed by atoms with van der Waals surface area (Å²) in [5.41, 5.74) is 2.82. The molecule has 1 fully saturated rings. The van der Waals surface area contributed by atoms with Crippen molar-refractivity contribution in [1.29, 1.82) is 0 Å². The van der Waals surface area contributed by atoms with Crippen LogP contribution in [-0.4, -0.2) is 11.0 Å². The van der Waals surface area contributed by atoms with Gasteiger partial charge in [0, 0.05) is 18.2 Å². The predicted octanol–water partition coefficient (Wildman–Crippen LogP) is 5.47. The molecule has 0 aromatic heterocycles. The number of unbranched alkanes of at least 4 members (excludes halogenated alkanes) is 1. The van der Waals surface area contributed by atoms with Crippen LogP contribution in [0.3, 0.4) is 0 Å². The van der Waals surface area contributed by atoms with Gasteiger partial charge in [-0.15, -0.1) is 0 Å². The first kappa shape index (κ1) is 14.9. The molecule has 0 bridgehead atoms. The lowest BCUT2D eigenvalue weighted by atomic mass is 9.80. The van der Waals surface area contributed by atoms with Gasteiger partial charge in [-0.1, -0.05) is 77.5 Å². The van der Waals surface area contributed by atoms with Gasteiger partial charge in [0.1, 0.15) is 0 Å². The number of anilines is 1. The van der Waals surface area contributed by atoms with Crippen molar-refractivity contribution in [3.8, 4) is 0 Å². The second-order valence-corrected chi connectivity index (χ2v) is 6.87. The van der Waals surface area contributed by atoms with Crippen molar-refractivity contribution in [3.05, 3.63) is 66.2 Å². The number of para-hydroxylation sites is 1. The molecule has 0 N–H and O–H groups in total. The molecule has 2 atom stereocenters. The number of hydrogen-bond acceptors (Lipinski definition) is 1. The second kappa shape index (κ2) is 7.30. The zero-order valence-electron chi connectivity index (χ0n) is 12.3. The molecule has 2 aromatic rings. The van der Waals surface area contributed by atoms with Gasteiger partial charge < -0.3 is 4.90 Å². The van der Waals surface area contributed by atoms with Gasteiger partial charge >= 0.3 is 0 Å². The van der Waals surface area contributed by atoms with Crippen molar-refractivity contribution in [3.63, 3.8) is 0 Å². The first-order valence-electron chi connectivity index (χ1n) is 7.83. The maximum absolute atomic E-state index is 2.56. The number of nitrogens with zero attached hydrogens (tertiary/aromatic N) is 1. The average Bonchev–Trinajstić information content (AvgIpc) is 2.52. The van der Waals surface area contributed by atoms with Crippen molar-refractivity contribution in [2.24, 2.45) is 5.92 Å². The molecule has 1 aliphatic rings. The van der Waals surface area contributed by atoms with Gasteiger partial charge in [0.15, 0.2) is 0 Å². The highest BCUT2D eigenvalue weighted by molar-refractivity contribution is 14.1. The zero-order valence-corrected chi connectivity index (χ0v) is 14.4. The monoisotopic (exact) mass is 391 g/mol. The minimum absolute atomic E-state index is 0.558. The molecular weight excluding hydrogens is 369 g/mol. The fraction of sp³-hybridized carbons (Fsp3) is 0.368. The molecule has 110 valence electrons. The summed E-state index contributed by atoms with van der Waals surface area (Å²) in [7, 11) is 0. The van der Waals surface area contributed by atoms with Gasteiger partial charge in [-0.05, 0) is 35.0 Å². The molecule has 2 heteroatoms. The van der Waals surface area contributed by atoms with Crippen LogP contribution in [0.5, 0.6) is 0 Å². The summed E-state index contributed by atoms with van der Waals surface area (Å²) in [6.45, 7) is 1.20. The summed E-state index contributed by atoms with van der Waals surface area (Å²) in [6.07, 6.45) is 4.06. The minimum Gasteiger partial charge on any atom is -0.364 e. The van der Waals surface area contributed by atoms with Crippen LogP contribution in [0.25, 0.3) is 0 Å². The molecule has 1 heterocycles. The van der Waals surface area contributed by atoms with Crippen molar-refractivity contribution in [2.75, 3.05) is 15.9 Å². The molecule has 0 unspecified atom stereocenters. The molecule has 3 rings (SSSR count). The number of rotatable bonds is 6. The highest BCUT2D eigenvalue weighted by atomic mass is 127. The van der Waals surface area contributed by atoms with Gasteiger partial charge in [0.05, 0.1) is 6.04 Å². The van der Waals surface area contributed by atoms with Gasteiger partial charge in [0.2, 0.25) is 0 Å². The lowest BCUT2D eigenvalue weighted by molar-refractivity contribution is 0.274. The number of halogens is 1. The van der Waals surface area contributed by atoms with E-state index in [4.69, 9.17) is 0 Å². The molecular formula is C19H22IN. The average molecular weight is 391 g/mol. The highest BCUT2D eigenvalue weighted by Crippen LogP contribution is 2.44. The van der Waals surface area contributed by atoms with Crippen LogP contribution in [0, 0.1) is 5.92 Å². The Labute approximate surface area is 141 Å². The van der Waals surface area contributed by atoms with Crippen LogP contribution in [0.15, 0.2) is 60.7 Å². The van der Waals surface area contributed by atoms with Crippen LogP contribution in [0.2, 0.25) is 0 Å².